The molecule has 1 N–H and O–H groups in total. The second-order valence-electron chi connectivity index (χ2n) is 6.89. The average Bonchev–Trinajstić information content (AvgIpc) is 3.07. The third-order valence-electron chi connectivity index (χ3n) is 5.43. The summed E-state index contributed by atoms with van der Waals surface area (Å²) in [5.41, 5.74) is 2.44. The van der Waals surface area contributed by atoms with E-state index in [-0.39, 0.29) is 17.8 Å². The largest absolute Gasteiger partial charge is 0.490 e. The molecule has 3 heteroatoms. The molecular formula is C18H24O3. The second-order valence-corrected chi connectivity index (χ2v) is 6.89. The van der Waals surface area contributed by atoms with E-state index in [1.54, 1.807) is 0 Å². The van der Waals surface area contributed by atoms with Crippen molar-refractivity contribution in [1.82, 2.24) is 0 Å². The van der Waals surface area contributed by atoms with Crippen LogP contribution in [0.1, 0.15) is 62.2 Å². The van der Waals surface area contributed by atoms with Crippen molar-refractivity contribution in [3.05, 3.63) is 29.3 Å². The van der Waals surface area contributed by atoms with Crippen LogP contribution in [-0.4, -0.2) is 23.4 Å². The molecule has 3 nitrogen and oxygen atoms in total. The number of fused-ring (bicyclic) bond motifs is 1. The highest BCUT2D eigenvalue weighted by Gasteiger charge is 2.40. The first-order valence-corrected chi connectivity index (χ1v) is 8.36. The predicted molar refractivity (Wildman–Crippen MR) is 80.5 cm³/mol. The molecule has 1 heterocycles. The van der Waals surface area contributed by atoms with Crippen molar-refractivity contribution < 1.29 is 14.6 Å². The fraction of sp³-hybridized carbons (Fsp3) is 0.667. The molecule has 0 aromatic heterocycles. The molecule has 1 saturated heterocycles. The summed E-state index contributed by atoms with van der Waals surface area (Å²) in [4.78, 5) is 0. The van der Waals surface area contributed by atoms with E-state index in [4.69, 9.17) is 9.47 Å². The molecular weight excluding hydrogens is 264 g/mol. The summed E-state index contributed by atoms with van der Waals surface area (Å²) in [6.07, 6.45) is 8.82. The van der Waals surface area contributed by atoms with Crippen molar-refractivity contribution in [3.63, 3.8) is 0 Å². The minimum atomic E-state index is -0.279. The van der Waals surface area contributed by atoms with Crippen LogP contribution in [0.2, 0.25) is 0 Å². The van der Waals surface area contributed by atoms with Gasteiger partial charge in [-0.05, 0) is 48.9 Å². The van der Waals surface area contributed by atoms with E-state index in [1.165, 1.54) is 31.2 Å². The van der Waals surface area contributed by atoms with Crippen molar-refractivity contribution in [2.45, 2.75) is 69.2 Å². The third-order valence-corrected chi connectivity index (χ3v) is 5.43. The van der Waals surface area contributed by atoms with Gasteiger partial charge in [-0.25, -0.2) is 0 Å². The lowest BCUT2D eigenvalue weighted by Crippen LogP contribution is -2.41. The lowest BCUT2D eigenvalue weighted by molar-refractivity contribution is -0.108. The van der Waals surface area contributed by atoms with Crippen molar-refractivity contribution >= 4 is 0 Å². The van der Waals surface area contributed by atoms with E-state index in [1.807, 2.05) is 12.1 Å². The molecule has 21 heavy (non-hydrogen) atoms. The summed E-state index contributed by atoms with van der Waals surface area (Å²) in [6.45, 7) is 0.828. The van der Waals surface area contributed by atoms with Gasteiger partial charge in [-0.2, -0.15) is 0 Å². The van der Waals surface area contributed by atoms with E-state index in [9.17, 15) is 5.11 Å². The van der Waals surface area contributed by atoms with Crippen LogP contribution in [0.5, 0.6) is 5.75 Å². The van der Waals surface area contributed by atoms with Gasteiger partial charge >= 0.3 is 0 Å². The zero-order chi connectivity index (χ0) is 14.3. The molecule has 1 aromatic rings. The summed E-state index contributed by atoms with van der Waals surface area (Å²) < 4.78 is 12.3. The third kappa shape index (κ3) is 2.58. The molecule has 1 spiro atoms. The van der Waals surface area contributed by atoms with Gasteiger partial charge in [0.15, 0.2) is 0 Å². The van der Waals surface area contributed by atoms with Gasteiger partial charge in [0.1, 0.15) is 11.9 Å². The Morgan fingerprint density at radius 1 is 1.19 bits per heavy atom. The molecule has 1 unspecified atom stereocenters. The Bertz CT molecular complexity index is 519. The molecule has 4 rings (SSSR count). The van der Waals surface area contributed by atoms with Crippen LogP contribution in [-0.2, 0) is 11.2 Å². The second kappa shape index (κ2) is 5.29. The molecule has 114 valence electrons. The number of aryl methyl sites for hydroxylation is 1. The van der Waals surface area contributed by atoms with Gasteiger partial charge < -0.3 is 14.6 Å². The molecule has 2 atom stereocenters. The number of aliphatic hydroxyl groups excluding tert-OH is 1. The summed E-state index contributed by atoms with van der Waals surface area (Å²) >= 11 is 0. The molecule has 1 saturated carbocycles. The Balaban J connectivity index is 1.46. The van der Waals surface area contributed by atoms with Crippen LogP contribution in [0.4, 0.5) is 0 Å². The Morgan fingerprint density at radius 2 is 2.05 bits per heavy atom. The number of ether oxygens (including phenoxy) is 2. The van der Waals surface area contributed by atoms with Crippen molar-refractivity contribution in [1.29, 1.82) is 0 Å². The van der Waals surface area contributed by atoms with Crippen LogP contribution in [0, 0.1) is 0 Å². The van der Waals surface area contributed by atoms with Crippen molar-refractivity contribution in [3.8, 4) is 5.75 Å². The molecule has 2 aliphatic carbocycles. The average molecular weight is 288 g/mol. The van der Waals surface area contributed by atoms with E-state index in [0.717, 1.165) is 43.6 Å². The molecule has 3 aliphatic rings. The van der Waals surface area contributed by atoms with Crippen LogP contribution in [0.15, 0.2) is 18.2 Å². The van der Waals surface area contributed by atoms with Gasteiger partial charge in [0.25, 0.3) is 0 Å². The first kappa shape index (κ1) is 13.6. The summed E-state index contributed by atoms with van der Waals surface area (Å²) in [5.74, 6) is 0.961. The Labute approximate surface area is 126 Å². The number of benzene rings is 1. The van der Waals surface area contributed by atoms with Crippen molar-refractivity contribution in [2.75, 3.05) is 6.61 Å². The SMILES string of the molecule is O[C@H]1CCc2cc(OC3CCOC4(CCCC4)C3)ccc21. The molecule has 1 aromatic carbocycles. The van der Waals surface area contributed by atoms with Gasteiger partial charge in [0.05, 0.1) is 18.3 Å². The van der Waals surface area contributed by atoms with E-state index < -0.39 is 0 Å². The van der Waals surface area contributed by atoms with E-state index >= 15 is 0 Å². The molecule has 1 aliphatic heterocycles. The maximum absolute atomic E-state index is 9.88. The number of rotatable bonds is 2. The van der Waals surface area contributed by atoms with Gasteiger partial charge in [-0.3, -0.25) is 0 Å². The Hall–Kier alpha value is -1.06. The highest BCUT2D eigenvalue weighted by molar-refractivity contribution is 5.40. The summed E-state index contributed by atoms with van der Waals surface area (Å²) in [6, 6.07) is 6.18. The lowest BCUT2D eigenvalue weighted by Gasteiger charge is -2.38. The predicted octanol–water partition coefficient (Wildman–Crippen LogP) is 3.54. The van der Waals surface area contributed by atoms with Gasteiger partial charge in [0.2, 0.25) is 0 Å². The van der Waals surface area contributed by atoms with Crippen LogP contribution >= 0.6 is 0 Å². The zero-order valence-electron chi connectivity index (χ0n) is 12.5. The first-order chi connectivity index (χ1) is 10.2. The highest BCUT2D eigenvalue weighted by Crippen LogP contribution is 2.41. The quantitative estimate of drug-likeness (QED) is 0.904. The van der Waals surface area contributed by atoms with Crippen molar-refractivity contribution in [2.24, 2.45) is 0 Å². The number of aliphatic hydroxyl groups is 1. The summed E-state index contributed by atoms with van der Waals surface area (Å²) in [7, 11) is 0. The number of hydrogen-bond donors (Lipinski definition) is 1. The Kier molecular flexibility index (Phi) is 3.43. The number of hydrogen-bond acceptors (Lipinski definition) is 3. The zero-order valence-corrected chi connectivity index (χ0v) is 12.5. The molecule has 0 bridgehead atoms. The maximum atomic E-state index is 9.88. The smallest absolute Gasteiger partial charge is 0.120 e. The van der Waals surface area contributed by atoms with Gasteiger partial charge in [0, 0.05) is 12.8 Å². The maximum Gasteiger partial charge on any atom is 0.120 e. The lowest BCUT2D eigenvalue weighted by atomic mass is 9.90. The van der Waals surface area contributed by atoms with E-state index in [0.29, 0.717) is 0 Å². The van der Waals surface area contributed by atoms with Gasteiger partial charge in [-0.1, -0.05) is 18.9 Å². The molecule has 0 amide bonds. The first-order valence-electron chi connectivity index (χ1n) is 8.36. The normalized spacial score (nSPS) is 30.5. The topological polar surface area (TPSA) is 38.7 Å². The highest BCUT2D eigenvalue weighted by atomic mass is 16.5. The fourth-order valence-electron chi connectivity index (χ4n) is 4.29. The standard InChI is InChI=1S/C18H24O3/c19-17-6-3-13-11-14(4-5-16(13)17)21-15-7-10-20-18(12-15)8-1-2-9-18/h4-5,11,15,17,19H,1-3,6-10,12H2/t15?,17-/m0/s1. The monoisotopic (exact) mass is 288 g/mol. The minimum Gasteiger partial charge on any atom is -0.490 e. The van der Waals surface area contributed by atoms with Crippen LogP contribution < -0.4 is 4.74 Å². The fourth-order valence-corrected chi connectivity index (χ4v) is 4.29. The Morgan fingerprint density at radius 3 is 2.90 bits per heavy atom. The summed E-state index contributed by atoms with van der Waals surface area (Å²) in [5, 5.41) is 9.88. The van der Waals surface area contributed by atoms with E-state index in [2.05, 4.69) is 6.07 Å². The molecule has 0 radical (unpaired) electrons. The van der Waals surface area contributed by atoms with Crippen LogP contribution in [0.3, 0.4) is 0 Å². The molecule has 2 fully saturated rings. The van der Waals surface area contributed by atoms with Gasteiger partial charge in [-0.15, -0.1) is 0 Å². The minimum absolute atomic E-state index is 0.107. The van der Waals surface area contributed by atoms with Crippen LogP contribution in [0.25, 0.3) is 0 Å².